The van der Waals surface area contributed by atoms with Crippen molar-refractivity contribution in [3.05, 3.63) is 24.3 Å². The smallest absolute Gasteiger partial charge is 0.121 e. The van der Waals surface area contributed by atoms with E-state index in [1.165, 1.54) is 31.6 Å². The molecule has 0 aromatic heterocycles. The summed E-state index contributed by atoms with van der Waals surface area (Å²) in [5, 5.41) is 3.64. The van der Waals surface area contributed by atoms with Crippen LogP contribution in [0.5, 0.6) is 5.75 Å². The van der Waals surface area contributed by atoms with Gasteiger partial charge < -0.3 is 15.0 Å². The Hall–Kier alpha value is -1.22. The molecule has 0 amide bonds. The van der Waals surface area contributed by atoms with Crippen LogP contribution >= 0.6 is 0 Å². The molecule has 1 saturated heterocycles. The van der Waals surface area contributed by atoms with Crippen molar-refractivity contribution in [1.29, 1.82) is 0 Å². The molecule has 1 atom stereocenters. The molecule has 20 heavy (non-hydrogen) atoms. The zero-order valence-electron chi connectivity index (χ0n) is 13.1. The lowest BCUT2D eigenvalue weighted by Gasteiger charge is -2.33. The summed E-state index contributed by atoms with van der Waals surface area (Å²) < 4.78 is 5.69. The Balaban J connectivity index is 1.88. The number of hydrogen-bond donors (Lipinski definition) is 1. The predicted molar refractivity (Wildman–Crippen MR) is 85.5 cm³/mol. The predicted octanol–water partition coefficient (Wildman–Crippen LogP) is 3.62. The topological polar surface area (TPSA) is 24.5 Å². The molecule has 1 heterocycles. The molecule has 0 radical (unpaired) electrons. The molecule has 1 aromatic rings. The quantitative estimate of drug-likeness (QED) is 0.859. The number of hydrogen-bond acceptors (Lipinski definition) is 3. The fourth-order valence-electron chi connectivity index (χ4n) is 2.80. The van der Waals surface area contributed by atoms with Gasteiger partial charge in [0.05, 0.1) is 6.61 Å². The molecule has 2 rings (SSSR count). The third kappa shape index (κ3) is 4.41. The Morgan fingerprint density at radius 2 is 2.10 bits per heavy atom. The van der Waals surface area contributed by atoms with Gasteiger partial charge in [-0.2, -0.15) is 0 Å². The van der Waals surface area contributed by atoms with E-state index in [4.69, 9.17) is 4.74 Å². The van der Waals surface area contributed by atoms with Gasteiger partial charge in [0.25, 0.3) is 0 Å². The Labute approximate surface area is 123 Å². The van der Waals surface area contributed by atoms with E-state index in [1.807, 2.05) is 6.07 Å². The lowest BCUT2D eigenvalue weighted by Crippen LogP contribution is -2.37. The van der Waals surface area contributed by atoms with E-state index in [0.717, 1.165) is 24.7 Å². The Morgan fingerprint density at radius 3 is 2.80 bits per heavy atom. The summed E-state index contributed by atoms with van der Waals surface area (Å²) in [6.45, 7) is 7.65. The second kappa shape index (κ2) is 7.53. The highest BCUT2D eigenvalue weighted by atomic mass is 16.5. The number of nitrogens with zero attached hydrogens (tertiary/aromatic N) is 1. The largest absolute Gasteiger partial charge is 0.494 e. The van der Waals surface area contributed by atoms with Crippen LogP contribution in [0.3, 0.4) is 0 Å². The third-order valence-electron chi connectivity index (χ3n) is 4.17. The Morgan fingerprint density at radius 1 is 1.35 bits per heavy atom. The zero-order chi connectivity index (χ0) is 14.4. The first-order valence-electron chi connectivity index (χ1n) is 7.87. The van der Waals surface area contributed by atoms with Crippen LogP contribution in [0.1, 0.15) is 33.1 Å². The Bertz CT molecular complexity index is 400. The van der Waals surface area contributed by atoms with Crippen molar-refractivity contribution in [3.8, 4) is 5.75 Å². The Kier molecular flexibility index (Phi) is 5.72. The van der Waals surface area contributed by atoms with E-state index in [2.05, 4.69) is 49.3 Å². The minimum Gasteiger partial charge on any atom is -0.494 e. The summed E-state index contributed by atoms with van der Waals surface area (Å²) in [4.78, 5) is 2.42. The summed E-state index contributed by atoms with van der Waals surface area (Å²) in [5.74, 6) is 1.74. The van der Waals surface area contributed by atoms with E-state index in [-0.39, 0.29) is 0 Å². The number of benzene rings is 1. The number of ether oxygens (including phenoxy) is 1. The molecule has 0 aliphatic carbocycles. The molecule has 1 aliphatic rings. The average molecular weight is 276 g/mol. The fourth-order valence-corrected chi connectivity index (χ4v) is 2.80. The molecule has 0 bridgehead atoms. The second-order valence-electron chi connectivity index (χ2n) is 5.95. The van der Waals surface area contributed by atoms with Crippen molar-refractivity contribution in [3.63, 3.8) is 0 Å². The van der Waals surface area contributed by atoms with Crippen LogP contribution in [0, 0.1) is 5.92 Å². The monoisotopic (exact) mass is 276 g/mol. The molecule has 0 saturated carbocycles. The van der Waals surface area contributed by atoms with Gasteiger partial charge in [0.15, 0.2) is 0 Å². The molecule has 3 nitrogen and oxygen atoms in total. The highest BCUT2D eigenvalue weighted by molar-refractivity contribution is 5.48. The van der Waals surface area contributed by atoms with Crippen LogP contribution in [0.4, 0.5) is 5.69 Å². The number of anilines is 1. The van der Waals surface area contributed by atoms with Crippen molar-refractivity contribution in [1.82, 2.24) is 4.90 Å². The second-order valence-corrected chi connectivity index (χ2v) is 5.95. The normalized spacial score (nSPS) is 18.8. The van der Waals surface area contributed by atoms with E-state index >= 15 is 0 Å². The van der Waals surface area contributed by atoms with E-state index < -0.39 is 0 Å². The van der Waals surface area contributed by atoms with Gasteiger partial charge in [-0.1, -0.05) is 13.0 Å². The van der Waals surface area contributed by atoms with Crippen molar-refractivity contribution >= 4 is 5.69 Å². The molecular formula is C17H28N2O. The van der Waals surface area contributed by atoms with Crippen molar-refractivity contribution < 1.29 is 4.74 Å². The van der Waals surface area contributed by atoms with Gasteiger partial charge in [-0.3, -0.25) is 0 Å². The minimum atomic E-state index is 0.519. The van der Waals surface area contributed by atoms with Crippen molar-refractivity contribution in [2.45, 2.75) is 39.2 Å². The van der Waals surface area contributed by atoms with Crippen molar-refractivity contribution in [2.24, 2.45) is 5.92 Å². The number of likely N-dealkylation sites (tertiary alicyclic amines) is 1. The summed E-state index contributed by atoms with van der Waals surface area (Å²) in [6, 6.07) is 8.85. The maximum atomic E-state index is 5.69. The molecule has 1 aromatic carbocycles. The zero-order valence-corrected chi connectivity index (χ0v) is 13.1. The van der Waals surface area contributed by atoms with Crippen LogP contribution in [-0.4, -0.2) is 37.7 Å². The lowest BCUT2D eigenvalue weighted by atomic mass is 9.90. The SMILES string of the molecule is CCCOc1cccc(NC(C)C2CCN(C)CC2)c1. The van der Waals surface area contributed by atoms with Gasteiger partial charge >= 0.3 is 0 Å². The molecule has 0 spiro atoms. The summed E-state index contributed by atoms with van der Waals surface area (Å²) in [6.07, 6.45) is 3.62. The number of nitrogens with one attached hydrogen (secondary N) is 1. The van der Waals surface area contributed by atoms with Crippen LogP contribution in [-0.2, 0) is 0 Å². The van der Waals surface area contributed by atoms with Crippen LogP contribution in [0.25, 0.3) is 0 Å². The van der Waals surface area contributed by atoms with Gasteiger partial charge in [0.1, 0.15) is 5.75 Å². The van der Waals surface area contributed by atoms with Gasteiger partial charge in [0, 0.05) is 17.8 Å². The molecule has 3 heteroatoms. The molecule has 1 N–H and O–H groups in total. The third-order valence-corrected chi connectivity index (χ3v) is 4.17. The lowest BCUT2D eigenvalue weighted by molar-refractivity contribution is 0.208. The summed E-state index contributed by atoms with van der Waals surface area (Å²) in [7, 11) is 2.21. The first-order chi connectivity index (χ1) is 9.69. The summed E-state index contributed by atoms with van der Waals surface area (Å²) >= 11 is 0. The number of piperidine rings is 1. The molecule has 1 fully saturated rings. The highest BCUT2D eigenvalue weighted by Gasteiger charge is 2.22. The van der Waals surface area contributed by atoms with Gasteiger partial charge in [0.2, 0.25) is 0 Å². The first kappa shape index (κ1) is 15.2. The van der Waals surface area contributed by atoms with Gasteiger partial charge in [-0.25, -0.2) is 0 Å². The van der Waals surface area contributed by atoms with Gasteiger partial charge in [-0.15, -0.1) is 0 Å². The van der Waals surface area contributed by atoms with E-state index in [0.29, 0.717) is 6.04 Å². The molecule has 112 valence electrons. The summed E-state index contributed by atoms with van der Waals surface area (Å²) in [5.41, 5.74) is 1.17. The average Bonchev–Trinajstić information content (AvgIpc) is 2.46. The maximum absolute atomic E-state index is 5.69. The minimum absolute atomic E-state index is 0.519. The standard InChI is InChI=1S/C17H28N2O/c1-4-12-20-17-7-5-6-16(13-17)18-14(2)15-8-10-19(3)11-9-15/h5-7,13-15,18H,4,8-12H2,1-3H3. The number of rotatable bonds is 6. The molecule has 1 unspecified atom stereocenters. The van der Waals surface area contributed by atoms with E-state index in [9.17, 15) is 0 Å². The molecular weight excluding hydrogens is 248 g/mol. The molecule has 1 aliphatic heterocycles. The highest BCUT2D eigenvalue weighted by Crippen LogP contribution is 2.24. The van der Waals surface area contributed by atoms with Gasteiger partial charge in [-0.05, 0) is 64.4 Å². The van der Waals surface area contributed by atoms with Crippen molar-refractivity contribution in [2.75, 3.05) is 32.1 Å². The first-order valence-corrected chi connectivity index (χ1v) is 7.87. The van der Waals surface area contributed by atoms with Crippen LogP contribution in [0.15, 0.2) is 24.3 Å². The fraction of sp³-hybridized carbons (Fsp3) is 0.647. The van der Waals surface area contributed by atoms with E-state index in [1.54, 1.807) is 0 Å². The van der Waals surface area contributed by atoms with Crippen LogP contribution in [0.2, 0.25) is 0 Å². The van der Waals surface area contributed by atoms with Crippen LogP contribution < -0.4 is 10.1 Å². The maximum Gasteiger partial charge on any atom is 0.121 e.